The molecular weight excluding hydrogens is 291 g/mol. The number of primary amides is 1. The summed E-state index contributed by atoms with van der Waals surface area (Å²) in [7, 11) is 0. The second kappa shape index (κ2) is 5.51. The topological polar surface area (TPSA) is 59.2 Å². The minimum Gasteiger partial charge on any atom is -0.365 e. The molecule has 0 saturated carbocycles. The predicted molar refractivity (Wildman–Crippen MR) is 71.9 cm³/mol. The van der Waals surface area contributed by atoms with Crippen LogP contribution in [0.15, 0.2) is 12.1 Å². The van der Waals surface area contributed by atoms with Crippen molar-refractivity contribution in [2.24, 2.45) is 5.73 Å². The third-order valence-electron chi connectivity index (χ3n) is 2.97. The summed E-state index contributed by atoms with van der Waals surface area (Å²) in [5, 5.41) is 0.265. The van der Waals surface area contributed by atoms with Crippen molar-refractivity contribution in [2.45, 2.75) is 18.3 Å². The molecule has 110 valence electrons. The highest BCUT2D eigenvalue weighted by molar-refractivity contribution is 8.00. The van der Waals surface area contributed by atoms with Gasteiger partial charge in [0.05, 0.1) is 5.56 Å². The van der Waals surface area contributed by atoms with Gasteiger partial charge in [-0.05, 0) is 12.1 Å². The molecule has 8 heteroatoms. The fraction of sp³-hybridized carbons (Fsp3) is 0.500. The van der Waals surface area contributed by atoms with Crippen LogP contribution in [0.4, 0.5) is 19.0 Å². The normalized spacial score (nSPS) is 20.0. The monoisotopic (exact) mass is 305 g/mol. The van der Waals surface area contributed by atoms with E-state index in [1.807, 2.05) is 6.92 Å². The van der Waals surface area contributed by atoms with Crippen LogP contribution >= 0.6 is 11.8 Å². The number of hydrogen-bond acceptors (Lipinski definition) is 4. The van der Waals surface area contributed by atoms with Crippen molar-refractivity contribution in [1.29, 1.82) is 0 Å². The van der Waals surface area contributed by atoms with Gasteiger partial charge in [0, 0.05) is 24.1 Å². The molecule has 20 heavy (non-hydrogen) atoms. The summed E-state index contributed by atoms with van der Waals surface area (Å²) in [5.41, 5.74) is 4.24. The second-order valence-corrected chi connectivity index (χ2v) is 6.10. The summed E-state index contributed by atoms with van der Waals surface area (Å²) in [5.74, 6) is 0.0312. The standard InChI is InChI=1S/C12H14F3N3OS/c1-7-6-18(4-5-20-7)11-8(10(16)19)2-3-9(17-11)12(13,14)15/h2-3,7H,4-6H2,1H3,(H2,16,19). The molecule has 1 saturated heterocycles. The Bertz CT molecular complexity index is 521. The van der Waals surface area contributed by atoms with E-state index in [0.29, 0.717) is 13.1 Å². The number of alkyl halides is 3. The molecule has 1 unspecified atom stereocenters. The SMILES string of the molecule is CC1CN(c2nc(C(F)(F)F)ccc2C(N)=O)CCS1. The van der Waals surface area contributed by atoms with Crippen molar-refractivity contribution in [3.05, 3.63) is 23.4 Å². The van der Waals surface area contributed by atoms with Crippen LogP contribution < -0.4 is 10.6 Å². The van der Waals surface area contributed by atoms with Crippen LogP contribution in [0.5, 0.6) is 0 Å². The van der Waals surface area contributed by atoms with Gasteiger partial charge in [-0.3, -0.25) is 4.79 Å². The zero-order valence-electron chi connectivity index (χ0n) is 10.8. The van der Waals surface area contributed by atoms with Crippen LogP contribution in [-0.4, -0.2) is 35.0 Å². The molecular formula is C12H14F3N3OS. The number of halogens is 3. The number of hydrogen-bond donors (Lipinski definition) is 1. The van der Waals surface area contributed by atoms with Gasteiger partial charge in [0.15, 0.2) is 0 Å². The maximum absolute atomic E-state index is 12.7. The number of thioether (sulfide) groups is 1. The molecule has 1 fully saturated rings. The average Bonchev–Trinajstić information content (AvgIpc) is 2.37. The Labute approximate surface area is 118 Å². The summed E-state index contributed by atoms with van der Waals surface area (Å²) < 4.78 is 38.2. The molecule has 0 bridgehead atoms. The molecule has 1 aromatic rings. The van der Waals surface area contributed by atoms with Crippen molar-refractivity contribution in [1.82, 2.24) is 4.98 Å². The van der Waals surface area contributed by atoms with Gasteiger partial charge < -0.3 is 10.6 Å². The number of carbonyl (C=O) groups is 1. The first-order chi connectivity index (χ1) is 9.29. The molecule has 1 amide bonds. The highest BCUT2D eigenvalue weighted by atomic mass is 32.2. The molecule has 2 N–H and O–H groups in total. The molecule has 1 atom stereocenters. The number of amides is 1. The first-order valence-electron chi connectivity index (χ1n) is 6.03. The van der Waals surface area contributed by atoms with Gasteiger partial charge in [-0.2, -0.15) is 24.9 Å². The van der Waals surface area contributed by atoms with Gasteiger partial charge in [-0.25, -0.2) is 4.98 Å². The van der Waals surface area contributed by atoms with Crippen LogP contribution in [0.25, 0.3) is 0 Å². The minimum atomic E-state index is -4.54. The Hall–Kier alpha value is -1.44. The van der Waals surface area contributed by atoms with Gasteiger partial charge in [0.25, 0.3) is 5.91 Å². The van der Waals surface area contributed by atoms with E-state index in [9.17, 15) is 18.0 Å². The first kappa shape index (κ1) is 15.0. The van der Waals surface area contributed by atoms with Crippen LogP contribution in [0.1, 0.15) is 23.0 Å². The molecule has 1 aromatic heterocycles. The molecule has 2 rings (SSSR count). The van der Waals surface area contributed by atoms with Crippen molar-refractivity contribution >= 4 is 23.5 Å². The van der Waals surface area contributed by atoms with Gasteiger partial charge in [0.1, 0.15) is 11.5 Å². The smallest absolute Gasteiger partial charge is 0.365 e. The summed E-state index contributed by atoms with van der Waals surface area (Å²) in [6.07, 6.45) is -4.54. The number of rotatable bonds is 2. The third kappa shape index (κ3) is 3.17. The van der Waals surface area contributed by atoms with E-state index < -0.39 is 17.8 Å². The Balaban J connectivity index is 2.44. The highest BCUT2D eigenvalue weighted by Crippen LogP contribution is 2.32. The molecule has 0 aliphatic carbocycles. The van der Waals surface area contributed by atoms with E-state index in [2.05, 4.69) is 4.98 Å². The van der Waals surface area contributed by atoms with Gasteiger partial charge in [0.2, 0.25) is 0 Å². The Kier molecular flexibility index (Phi) is 4.12. The summed E-state index contributed by atoms with van der Waals surface area (Å²) in [6, 6.07) is 1.88. The van der Waals surface area contributed by atoms with E-state index >= 15 is 0 Å². The molecule has 0 spiro atoms. The van der Waals surface area contributed by atoms with Crippen molar-refractivity contribution in [3.8, 4) is 0 Å². The average molecular weight is 305 g/mol. The molecule has 2 heterocycles. The summed E-state index contributed by atoms with van der Waals surface area (Å²) >= 11 is 1.73. The Morgan fingerprint density at radius 3 is 2.75 bits per heavy atom. The molecule has 1 aliphatic heterocycles. The fourth-order valence-corrected chi connectivity index (χ4v) is 3.06. The lowest BCUT2D eigenvalue weighted by atomic mass is 10.2. The molecule has 4 nitrogen and oxygen atoms in total. The lowest BCUT2D eigenvalue weighted by Crippen LogP contribution is -2.38. The minimum absolute atomic E-state index is 0.0251. The quantitative estimate of drug-likeness (QED) is 0.909. The fourth-order valence-electron chi connectivity index (χ4n) is 2.05. The summed E-state index contributed by atoms with van der Waals surface area (Å²) in [6.45, 7) is 3.07. The van der Waals surface area contributed by atoms with E-state index in [4.69, 9.17) is 5.73 Å². The maximum Gasteiger partial charge on any atom is 0.433 e. The third-order valence-corrected chi connectivity index (χ3v) is 4.11. The van der Waals surface area contributed by atoms with E-state index in [0.717, 1.165) is 17.9 Å². The predicted octanol–water partition coefficient (Wildman–Crippen LogP) is 2.14. The number of nitrogens with zero attached hydrogens (tertiary/aromatic N) is 2. The maximum atomic E-state index is 12.7. The van der Waals surface area contributed by atoms with Crippen LogP contribution in [0, 0.1) is 0 Å². The van der Waals surface area contributed by atoms with Gasteiger partial charge in [-0.15, -0.1) is 0 Å². The lowest BCUT2D eigenvalue weighted by molar-refractivity contribution is -0.141. The van der Waals surface area contributed by atoms with E-state index in [1.54, 1.807) is 16.7 Å². The molecule has 1 aliphatic rings. The number of anilines is 1. The number of carbonyl (C=O) groups excluding carboxylic acids is 1. The Morgan fingerprint density at radius 1 is 1.50 bits per heavy atom. The lowest BCUT2D eigenvalue weighted by Gasteiger charge is -2.32. The highest BCUT2D eigenvalue weighted by Gasteiger charge is 2.34. The summed E-state index contributed by atoms with van der Waals surface area (Å²) in [4.78, 5) is 16.7. The van der Waals surface area contributed by atoms with Crippen molar-refractivity contribution in [2.75, 3.05) is 23.7 Å². The zero-order chi connectivity index (χ0) is 14.9. The number of nitrogens with two attached hydrogens (primary N) is 1. The van der Waals surface area contributed by atoms with Crippen molar-refractivity contribution in [3.63, 3.8) is 0 Å². The molecule has 0 radical (unpaired) electrons. The van der Waals surface area contributed by atoms with Crippen LogP contribution in [0.2, 0.25) is 0 Å². The van der Waals surface area contributed by atoms with E-state index in [-0.39, 0.29) is 16.6 Å². The van der Waals surface area contributed by atoms with Gasteiger partial charge >= 0.3 is 6.18 Å². The number of aromatic nitrogens is 1. The first-order valence-corrected chi connectivity index (χ1v) is 7.08. The Morgan fingerprint density at radius 2 is 2.20 bits per heavy atom. The van der Waals surface area contributed by atoms with Crippen LogP contribution in [0.3, 0.4) is 0 Å². The van der Waals surface area contributed by atoms with E-state index in [1.165, 1.54) is 0 Å². The number of pyridine rings is 1. The van der Waals surface area contributed by atoms with Gasteiger partial charge in [-0.1, -0.05) is 6.92 Å². The zero-order valence-corrected chi connectivity index (χ0v) is 11.6. The van der Waals surface area contributed by atoms with Crippen molar-refractivity contribution < 1.29 is 18.0 Å². The second-order valence-electron chi connectivity index (χ2n) is 4.56. The largest absolute Gasteiger partial charge is 0.433 e. The van der Waals surface area contributed by atoms with Crippen LogP contribution in [-0.2, 0) is 6.18 Å². The molecule has 0 aromatic carbocycles.